The number of anilines is 3. The van der Waals surface area contributed by atoms with Gasteiger partial charge in [0.1, 0.15) is 0 Å². The first-order valence-corrected chi connectivity index (χ1v) is 10.6. The summed E-state index contributed by atoms with van der Waals surface area (Å²) in [6.45, 7) is 3.06. The van der Waals surface area contributed by atoms with E-state index >= 15 is 0 Å². The molecular weight excluding hydrogens is 412 g/mol. The van der Waals surface area contributed by atoms with Gasteiger partial charge in [-0.25, -0.2) is 9.97 Å². The Balaban J connectivity index is 1.62. The number of halogens is 1. The van der Waals surface area contributed by atoms with Gasteiger partial charge < -0.3 is 15.5 Å². The number of nitrogens with zero attached hydrogens (tertiary/aromatic N) is 4. The number of carbonyl (C=O) groups excluding carboxylic acids is 1. The van der Waals surface area contributed by atoms with Crippen LogP contribution in [0.15, 0.2) is 36.7 Å². The molecular formula is C23H25ClN6O. The highest BCUT2D eigenvalue weighted by Gasteiger charge is 2.21. The Morgan fingerprint density at radius 3 is 2.84 bits per heavy atom. The lowest BCUT2D eigenvalue weighted by Crippen LogP contribution is -2.13. The molecule has 1 aliphatic heterocycles. The van der Waals surface area contributed by atoms with E-state index in [0.29, 0.717) is 22.4 Å². The van der Waals surface area contributed by atoms with E-state index in [9.17, 15) is 4.79 Å². The predicted molar refractivity (Wildman–Crippen MR) is 124 cm³/mol. The second-order valence-corrected chi connectivity index (χ2v) is 8.42. The molecule has 2 N–H and O–H groups in total. The van der Waals surface area contributed by atoms with Gasteiger partial charge in [-0.05, 0) is 70.2 Å². The average Bonchev–Trinajstić information content (AvgIpc) is 2.84. The number of amides is 1. The molecule has 2 aromatic heterocycles. The third-order valence-electron chi connectivity index (χ3n) is 5.23. The number of pyridine rings is 1. The van der Waals surface area contributed by atoms with Crippen LogP contribution in [-0.2, 0) is 17.6 Å². The Labute approximate surface area is 186 Å². The number of aromatic nitrogens is 3. The molecule has 0 atom stereocenters. The van der Waals surface area contributed by atoms with Crippen molar-refractivity contribution in [3.8, 4) is 11.3 Å². The highest BCUT2D eigenvalue weighted by atomic mass is 35.5. The number of benzene rings is 1. The normalized spacial score (nSPS) is 12.7. The van der Waals surface area contributed by atoms with Crippen LogP contribution in [0.4, 0.5) is 17.3 Å². The van der Waals surface area contributed by atoms with Crippen molar-refractivity contribution in [3.63, 3.8) is 0 Å². The highest BCUT2D eigenvalue weighted by Crippen LogP contribution is 2.34. The zero-order valence-corrected chi connectivity index (χ0v) is 18.6. The minimum Gasteiger partial charge on any atom is -0.325 e. The van der Waals surface area contributed by atoms with Gasteiger partial charge in [0, 0.05) is 28.0 Å². The highest BCUT2D eigenvalue weighted by molar-refractivity contribution is 6.31. The first kappa shape index (κ1) is 21.2. The van der Waals surface area contributed by atoms with E-state index in [4.69, 9.17) is 16.6 Å². The van der Waals surface area contributed by atoms with Gasteiger partial charge in [-0.15, -0.1) is 0 Å². The molecule has 0 saturated carbocycles. The van der Waals surface area contributed by atoms with Crippen LogP contribution in [0.1, 0.15) is 23.2 Å². The van der Waals surface area contributed by atoms with Crippen LogP contribution in [0.2, 0.25) is 5.02 Å². The van der Waals surface area contributed by atoms with Crippen LogP contribution in [0, 0.1) is 6.92 Å². The lowest BCUT2D eigenvalue weighted by atomic mass is 10.1. The van der Waals surface area contributed by atoms with Gasteiger partial charge >= 0.3 is 0 Å². The summed E-state index contributed by atoms with van der Waals surface area (Å²) in [5.74, 6) is 0.343. The van der Waals surface area contributed by atoms with E-state index in [2.05, 4.69) is 45.7 Å². The molecule has 160 valence electrons. The summed E-state index contributed by atoms with van der Waals surface area (Å²) in [5.41, 5.74) is 6.04. The number of hydrogen-bond donors (Lipinski definition) is 2. The largest absolute Gasteiger partial charge is 0.325 e. The first-order valence-electron chi connectivity index (χ1n) is 10.2. The molecule has 1 amide bonds. The van der Waals surface area contributed by atoms with Gasteiger partial charge in [-0.2, -0.15) is 0 Å². The zero-order chi connectivity index (χ0) is 22.0. The molecule has 1 aliphatic rings. The molecule has 4 rings (SSSR count). The summed E-state index contributed by atoms with van der Waals surface area (Å²) < 4.78 is 0. The van der Waals surface area contributed by atoms with Crippen LogP contribution >= 0.6 is 11.6 Å². The Hall–Kier alpha value is -3.03. The maximum Gasteiger partial charge on any atom is 0.228 e. The topological polar surface area (TPSA) is 83.0 Å². The number of nitrogens with one attached hydrogen (secondary N) is 2. The molecule has 0 unspecified atom stereocenters. The lowest BCUT2D eigenvalue weighted by Gasteiger charge is -2.13. The minimum atomic E-state index is -0.114. The predicted octanol–water partition coefficient (Wildman–Crippen LogP) is 4.23. The van der Waals surface area contributed by atoms with Crippen molar-refractivity contribution >= 4 is 34.8 Å². The smallest absolute Gasteiger partial charge is 0.228 e. The number of rotatable bonds is 6. The molecule has 0 spiro atoms. The average molecular weight is 437 g/mol. The molecule has 7 nitrogen and oxygen atoms in total. The zero-order valence-electron chi connectivity index (χ0n) is 17.9. The summed E-state index contributed by atoms with van der Waals surface area (Å²) in [5, 5.41) is 6.72. The van der Waals surface area contributed by atoms with Crippen molar-refractivity contribution in [3.05, 3.63) is 58.5 Å². The van der Waals surface area contributed by atoms with Gasteiger partial charge in [0.05, 0.1) is 29.7 Å². The molecule has 1 aromatic carbocycles. The quantitative estimate of drug-likeness (QED) is 0.601. The molecule has 0 saturated heterocycles. The standard InChI is InChI=1S/C23H25ClN6O/c1-14-15(5-4-8-30(2)3)9-18(13-25-14)27-23-26-12-16-10-21(31)28-20-11-17(24)6-7-19(20)22(16)29-23/h6-7,9,11-13H,4-5,8,10H2,1-3H3,(H,28,31)(H,26,27,29). The van der Waals surface area contributed by atoms with E-state index in [-0.39, 0.29) is 12.3 Å². The monoisotopic (exact) mass is 436 g/mol. The van der Waals surface area contributed by atoms with Gasteiger partial charge in [-0.1, -0.05) is 11.6 Å². The summed E-state index contributed by atoms with van der Waals surface area (Å²) in [6.07, 6.45) is 5.73. The van der Waals surface area contributed by atoms with Crippen molar-refractivity contribution < 1.29 is 4.79 Å². The minimum absolute atomic E-state index is 0.114. The SMILES string of the molecule is Cc1ncc(Nc2ncc3c(n2)-c2ccc(Cl)cc2NC(=O)C3)cc1CCCN(C)C. The summed E-state index contributed by atoms with van der Waals surface area (Å²) in [7, 11) is 4.15. The van der Waals surface area contributed by atoms with Gasteiger partial charge in [0.15, 0.2) is 0 Å². The molecule has 0 radical (unpaired) electrons. The fraction of sp³-hybridized carbons (Fsp3) is 0.304. The van der Waals surface area contributed by atoms with Crippen molar-refractivity contribution in [2.45, 2.75) is 26.2 Å². The molecule has 0 aliphatic carbocycles. The van der Waals surface area contributed by atoms with Crippen molar-refractivity contribution in [1.29, 1.82) is 0 Å². The lowest BCUT2D eigenvalue weighted by molar-refractivity contribution is -0.115. The summed E-state index contributed by atoms with van der Waals surface area (Å²) in [6, 6.07) is 7.50. The Bertz CT molecular complexity index is 1130. The first-order chi connectivity index (χ1) is 14.9. The van der Waals surface area contributed by atoms with E-state index in [1.54, 1.807) is 24.5 Å². The van der Waals surface area contributed by atoms with Gasteiger partial charge in [0.2, 0.25) is 11.9 Å². The Kier molecular flexibility index (Phi) is 6.15. The van der Waals surface area contributed by atoms with Gasteiger partial charge in [0.25, 0.3) is 0 Å². The molecule has 3 heterocycles. The van der Waals surface area contributed by atoms with Crippen LogP contribution in [-0.4, -0.2) is 46.4 Å². The van der Waals surface area contributed by atoms with Crippen LogP contribution in [0.3, 0.4) is 0 Å². The Morgan fingerprint density at radius 1 is 1.19 bits per heavy atom. The number of carbonyl (C=O) groups is 1. The third-order valence-corrected chi connectivity index (χ3v) is 5.46. The van der Waals surface area contributed by atoms with Crippen molar-refractivity contribution in [2.24, 2.45) is 0 Å². The third kappa shape index (κ3) is 5.00. The van der Waals surface area contributed by atoms with Crippen molar-refractivity contribution in [2.75, 3.05) is 31.3 Å². The molecule has 0 fully saturated rings. The second kappa shape index (κ2) is 8.99. The molecule has 0 bridgehead atoms. The van der Waals surface area contributed by atoms with Crippen LogP contribution in [0.5, 0.6) is 0 Å². The fourth-order valence-electron chi connectivity index (χ4n) is 3.64. The fourth-order valence-corrected chi connectivity index (χ4v) is 3.81. The molecule has 8 heteroatoms. The summed E-state index contributed by atoms with van der Waals surface area (Å²) >= 11 is 6.12. The molecule has 3 aromatic rings. The van der Waals surface area contributed by atoms with Crippen LogP contribution in [0.25, 0.3) is 11.3 Å². The summed E-state index contributed by atoms with van der Waals surface area (Å²) in [4.78, 5) is 28.1. The number of fused-ring (bicyclic) bond motifs is 3. The van der Waals surface area contributed by atoms with Crippen LogP contribution < -0.4 is 10.6 Å². The van der Waals surface area contributed by atoms with E-state index in [1.807, 2.05) is 13.0 Å². The number of hydrogen-bond acceptors (Lipinski definition) is 6. The van der Waals surface area contributed by atoms with E-state index < -0.39 is 0 Å². The second-order valence-electron chi connectivity index (χ2n) is 7.98. The maximum atomic E-state index is 12.3. The molecule has 31 heavy (non-hydrogen) atoms. The maximum absolute atomic E-state index is 12.3. The van der Waals surface area contributed by atoms with E-state index in [1.165, 1.54) is 5.56 Å². The van der Waals surface area contributed by atoms with Gasteiger partial charge in [-0.3, -0.25) is 9.78 Å². The number of aryl methyl sites for hydroxylation is 2. The Morgan fingerprint density at radius 2 is 2.03 bits per heavy atom. The van der Waals surface area contributed by atoms with Crippen molar-refractivity contribution in [1.82, 2.24) is 19.9 Å². The van der Waals surface area contributed by atoms with E-state index in [0.717, 1.165) is 41.9 Å².